The van der Waals surface area contributed by atoms with Crippen LogP contribution < -0.4 is 10.4 Å². The Morgan fingerprint density at radius 1 is 1.28 bits per heavy atom. The second-order valence-corrected chi connectivity index (χ2v) is 8.19. The fraction of sp³-hybridized carbons (Fsp3) is 0.667. The second-order valence-electron chi connectivity index (χ2n) is 8.19. The van der Waals surface area contributed by atoms with Gasteiger partial charge in [0, 0.05) is 30.8 Å². The van der Waals surface area contributed by atoms with Gasteiger partial charge in [-0.2, -0.15) is 5.26 Å². The zero-order valence-corrected chi connectivity index (χ0v) is 16.0. The molecule has 0 radical (unpaired) electrons. The van der Waals surface area contributed by atoms with Crippen molar-refractivity contribution in [2.45, 2.75) is 51.4 Å². The van der Waals surface area contributed by atoms with Gasteiger partial charge in [-0.05, 0) is 54.3 Å². The lowest BCUT2D eigenvalue weighted by molar-refractivity contribution is 0.00578. The highest BCUT2D eigenvalue weighted by atomic mass is 16.7. The van der Waals surface area contributed by atoms with Gasteiger partial charge in [0.25, 0.3) is 0 Å². The Balaban J connectivity index is 1.83. The Labute approximate surface area is 150 Å². The molecule has 3 rings (SSSR count). The molecule has 0 aromatic carbocycles. The smallest absolute Gasteiger partial charge is 0.399 e. The maximum atomic E-state index is 9.62. The molecule has 0 N–H and O–H groups in total. The number of hydrogen-bond donors (Lipinski definition) is 0. The molecule has 6 nitrogen and oxygen atoms in total. The number of nitrogens with zero attached hydrogens (tertiary/aromatic N) is 4. The van der Waals surface area contributed by atoms with Crippen LogP contribution in [0.5, 0.6) is 0 Å². The quantitative estimate of drug-likeness (QED) is 0.774. The van der Waals surface area contributed by atoms with E-state index >= 15 is 0 Å². The fourth-order valence-corrected chi connectivity index (χ4v) is 3.27. The first kappa shape index (κ1) is 18.2. The van der Waals surface area contributed by atoms with Gasteiger partial charge in [0.2, 0.25) is 0 Å². The van der Waals surface area contributed by atoms with Gasteiger partial charge in [0.05, 0.1) is 16.8 Å². The molecule has 2 saturated heterocycles. The zero-order chi connectivity index (χ0) is 18.4. The van der Waals surface area contributed by atoms with Crippen LogP contribution in [0.15, 0.2) is 12.3 Å². The van der Waals surface area contributed by atoms with Gasteiger partial charge in [0.15, 0.2) is 0 Å². The summed E-state index contributed by atoms with van der Waals surface area (Å²) in [5.74, 6) is 0.757. The molecular weight excluding hydrogens is 315 g/mol. The largest absolute Gasteiger partial charge is 0.496 e. The first-order chi connectivity index (χ1) is 11.6. The molecule has 7 heteroatoms. The summed E-state index contributed by atoms with van der Waals surface area (Å²) in [6, 6.07) is 4.64. The number of rotatable bonds is 3. The lowest BCUT2D eigenvalue weighted by atomic mass is 9.79. The van der Waals surface area contributed by atoms with Gasteiger partial charge in [-0.25, -0.2) is 4.98 Å². The summed E-state index contributed by atoms with van der Waals surface area (Å²) in [5.41, 5.74) is 0.558. The zero-order valence-electron chi connectivity index (χ0n) is 16.0. The predicted octanol–water partition coefficient (Wildman–Crippen LogP) is 1.39. The first-order valence-electron chi connectivity index (χ1n) is 8.81. The summed E-state index contributed by atoms with van der Waals surface area (Å²) in [7, 11) is 3.69. The first-order valence-corrected chi connectivity index (χ1v) is 8.81. The van der Waals surface area contributed by atoms with Crippen molar-refractivity contribution >= 4 is 18.4 Å². The minimum Gasteiger partial charge on any atom is -0.399 e. The summed E-state index contributed by atoms with van der Waals surface area (Å²) in [6.45, 7) is 9.89. The Kier molecular flexibility index (Phi) is 4.57. The van der Waals surface area contributed by atoms with Gasteiger partial charge in [-0.3, -0.25) is 0 Å². The van der Waals surface area contributed by atoms with E-state index in [-0.39, 0.29) is 0 Å². The van der Waals surface area contributed by atoms with Gasteiger partial charge >= 0.3 is 7.12 Å². The van der Waals surface area contributed by atoms with Crippen LogP contribution in [0.1, 0.15) is 39.7 Å². The number of likely N-dealkylation sites (N-methyl/N-ethyl adjacent to an activating group) is 1. The van der Waals surface area contributed by atoms with Gasteiger partial charge in [-0.1, -0.05) is 0 Å². The maximum absolute atomic E-state index is 9.62. The lowest BCUT2D eigenvalue weighted by Gasteiger charge is -2.32. The fourth-order valence-electron chi connectivity index (χ4n) is 3.27. The number of hydrogen-bond acceptors (Lipinski definition) is 6. The van der Waals surface area contributed by atoms with Crippen molar-refractivity contribution in [3.63, 3.8) is 0 Å². The molecule has 3 heterocycles. The van der Waals surface area contributed by atoms with Crippen LogP contribution in [0.2, 0.25) is 0 Å². The molecule has 1 atom stereocenters. The summed E-state index contributed by atoms with van der Waals surface area (Å²) < 4.78 is 12.1. The Morgan fingerprint density at radius 3 is 2.44 bits per heavy atom. The van der Waals surface area contributed by atoms with Crippen molar-refractivity contribution in [2.24, 2.45) is 0 Å². The van der Waals surface area contributed by atoms with Crippen molar-refractivity contribution in [1.29, 1.82) is 5.26 Å². The SMILES string of the molecule is CN(C)[C@@H]1CCN(c2ncc(B3OC(C)(C)C(C)(C)O3)cc2C#N)C1. The van der Waals surface area contributed by atoms with E-state index in [0.29, 0.717) is 11.6 Å². The van der Waals surface area contributed by atoms with Crippen LogP contribution in [0.4, 0.5) is 5.82 Å². The molecule has 134 valence electrons. The summed E-state index contributed by atoms with van der Waals surface area (Å²) in [6.07, 6.45) is 2.86. The molecular formula is C18H27BN4O2. The number of aromatic nitrogens is 1. The monoisotopic (exact) mass is 342 g/mol. The number of nitriles is 1. The molecule has 2 aliphatic rings. The molecule has 1 aromatic heterocycles. The summed E-state index contributed by atoms with van der Waals surface area (Å²) in [4.78, 5) is 9.01. The number of pyridine rings is 1. The maximum Gasteiger partial charge on any atom is 0.496 e. The van der Waals surface area contributed by atoms with Gasteiger partial charge < -0.3 is 19.1 Å². The van der Waals surface area contributed by atoms with Crippen molar-refractivity contribution in [2.75, 3.05) is 32.1 Å². The van der Waals surface area contributed by atoms with Crippen LogP contribution in [0.3, 0.4) is 0 Å². The molecule has 1 aromatic rings. The topological polar surface area (TPSA) is 61.6 Å². The lowest BCUT2D eigenvalue weighted by Crippen LogP contribution is -2.41. The van der Waals surface area contributed by atoms with Crippen LogP contribution >= 0.6 is 0 Å². The molecule has 2 aliphatic heterocycles. The van der Waals surface area contributed by atoms with Crippen LogP contribution in [-0.2, 0) is 9.31 Å². The van der Waals surface area contributed by atoms with Crippen LogP contribution in [0.25, 0.3) is 0 Å². The molecule has 0 bridgehead atoms. The standard InChI is InChI=1S/C18H27BN4O2/c1-17(2)18(3,4)25-19(24-17)14-9-13(10-20)16(21-11-14)23-8-7-15(12-23)22(5)6/h9,11,15H,7-8,12H2,1-6H3/t15-/m1/s1. The van der Waals surface area contributed by atoms with E-state index < -0.39 is 18.3 Å². The van der Waals surface area contributed by atoms with Gasteiger partial charge in [0.1, 0.15) is 11.9 Å². The van der Waals surface area contributed by atoms with E-state index in [1.165, 1.54) is 0 Å². The predicted molar refractivity (Wildman–Crippen MR) is 99.0 cm³/mol. The van der Waals surface area contributed by atoms with E-state index in [1.54, 1.807) is 6.20 Å². The summed E-state index contributed by atoms with van der Waals surface area (Å²) >= 11 is 0. The highest BCUT2D eigenvalue weighted by Crippen LogP contribution is 2.36. The summed E-state index contributed by atoms with van der Waals surface area (Å²) in [5, 5.41) is 9.62. The average molecular weight is 342 g/mol. The molecule has 0 aliphatic carbocycles. The third kappa shape index (κ3) is 3.26. The Hall–Kier alpha value is -1.62. The Bertz CT molecular complexity index is 683. The third-order valence-electron chi connectivity index (χ3n) is 5.73. The number of anilines is 1. The minimum atomic E-state index is -0.494. The third-order valence-corrected chi connectivity index (χ3v) is 5.73. The molecule has 0 saturated carbocycles. The highest BCUT2D eigenvalue weighted by molar-refractivity contribution is 6.62. The van der Waals surface area contributed by atoms with E-state index in [2.05, 4.69) is 34.9 Å². The normalized spacial score (nSPS) is 24.8. The van der Waals surface area contributed by atoms with E-state index in [0.717, 1.165) is 30.8 Å². The molecule has 0 spiro atoms. The second kappa shape index (κ2) is 6.28. The van der Waals surface area contributed by atoms with E-state index in [1.807, 2.05) is 33.8 Å². The molecule has 0 amide bonds. The van der Waals surface area contributed by atoms with E-state index in [4.69, 9.17) is 9.31 Å². The minimum absolute atomic E-state index is 0.406. The van der Waals surface area contributed by atoms with Crippen LogP contribution in [-0.4, -0.2) is 61.4 Å². The Morgan fingerprint density at radius 2 is 1.92 bits per heavy atom. The van der Waals surface area contributed by atoms with Crippen molar-refractivity contribution in [3.8, 4) is 6.07 Å². The van der Waals surface area contributed by atoms with Crippen molar-refractivity contribution in [3.05, 3.63) is 17.8 Å². The van der Waals surface area contributed by atoms with E-state index in [9.17, 15) is 5.26 Å². The molecule has 0 unspecified atom stereocenters. The van der Waals surface area contributed by atoms with Crippen LogP contribution in [0, 0.1) is 11.3 Å². The van der Waals surface area contributed by atoms with Crippen molar-refractivity contribution in [1.82, 2.24) is 9.88 Å². The molecule has 2 fully saturated rings. The molecule has 25 heavy (non-hydrogen) atoms. The van der Waals surface area contributed by atoms with Gasteiger partial charge in [-0.15, -0.1) is 0 Å². The van der Waals surface area contributed by atoms with Crippen molar-refractivity contribution < 1.29 is 9.31 Å². The highest BCUT2D eigenvalue weighted by Gasteiger charge is 2.52. The average Bonchev–Trinajstić information content (AvgIpc) is 3.10.